The van der Waals surface area contributed by atoms with Crippen LogP contribution in [0.4, 0.5) is 5.69 Å². The van der Waals surface area contributed by atoms with E-state index < -0.39 is 11.4 Å². The molecule has 3 N–H and O–H groups in total. The number of aromatic nitrogens is 2. The molecule has 1 aliphatic carbocycles. The zero-order chi connectivity index (χ0) is 14.9. The summed E-state index contributed by atoms with van der Waals surface area (Å²) >= 11 is 0. The van der Waals surface area contributed by atoms with Gasteiger partial charge in [-0.25, -0.2) is 0 Å². The molecular formula is C14H16N4O3. The molecule has 1 aromatic carbocycles. The number of nitrogens with zero attached hydrogens (tertiary/aromatic N) is 2. The molecule has 0 atom stereocenters. The third-order valence-corrected chi connectivity index (χ3v) is 3.66. The van der Waals surface area contributed by atoms with Crippen LogP contribution in [-0.2, 0) is 5.54 Å². The first-order valence-electron chi connectivity index (χ1n) is 6.69. The number of nitrogens with one attached hydrogen (secondary N) is 1. The van der Waals surface area contributed by atoms with Gasteiger partial charge in [0.25, 0.3) is 0 Å². The Kier molecular flexibility index (Phi) is 3.34. The first kappa shape index (κ1) is 13.6. The molecule has 0 unspecified atom stereocenters. The maximum Gasteiger partial charge on any atom is 0.316 e. The van der Waals surface area contributed by atoms with E-state index in [0.717, 1.165) is 19.3 Å². The maximum absolute atomic E-state index is 12.0. The van der Waals surface area contributed by atoms with Crippen molar-refractivity contribution in [2.24, 2.45) is 5.73 Å². The number of amides is 1. The minimum Gasteiger partial charge on any atom is -0.497 e. The zero-order valence-corrected chi connectivity index (χ0v) is 11.6. The molecule has 0 radical (unpaired) electrons. The molecule has 7 heteroatoms. The van der Waals surface area contributed by atoms with Crippen LogP contribution in [0.1, 0.15) is 35.8 Å². The lowest BCUT2D eigenvalue weighted by Crippen LogP contribution is -2.44. The highest BCUT2D eigenvalue weighted by Gasteiger charge is 2.39. The molecule has 0 bridgehead atoms. The summed E-state index contributed by atoms with van der Waals surface area (Å²) < 4.78 is 10.0. The molecule has 2 aromatic rings. The summed E-state index contributed by atoms with van der Waals surface area (Å²) in [5.41, 5.74) is 6.17. The lowest BCUT2D eigenvalue weighted by Gasteiger charge is -2.34. The Labute approximate surface area is 121 Å². The molecule has 1 amide bonds. The smallest absolute Gasteiger partial charge is 0.316 e. The van der Waals surface area contributed by atoms with Gasteiger partial charge in [0.1, 0.15) is 5.75 Å². The number of hydrogen-bond donors (Lipinski definition) is 2. The number of anilines is 1. The predicted octanol–water partition coefficient (Wildman–Crippen LogP) is 1.67. The van der Waals surface area contributed by atoms with Crippen molar-refractivity contribution < 1.29 is 14.1 Å². The van der Waals surface area contributed by atoms with Crippen molar-refractivity contribution in [2.45, 2.75) is 24.8 Å². The lowest BCUT2D eigenvalue weighted by atomic mass is 9.77. The van der Waals surface area contributed by atoms with E-state index in [1.165, 1.54) is 0 Å². The van der Waals surface area contributed by atoms with Crippen molar-refractivity contribution in [3.63, 3.8) is 0 Å². The SMILES string of the molecule is COc1ccc(NC(=O)c2nc(C3(N)CCC3)no2)cc1. The quantitative estimate of drug-likeness (QED) is 0.887. The number of carbonyl (C=O) groups excluding carboxylic acids is 1. The van der Waals surface area contributed by atoms with Crippen LogP contribution in [0.5, 0.6) is 5.75 Å². The van der Waals surface area contributed by atoms with E-state index in [0.29, 0.717) is 17.3 Å². The maximum atomic E-state index is 12.0. The Hall–Kier alpha value is -2.41. The fraction of sp³-hybridized carbons (Fsp3) is 0.357. The number of rotatable bonds is 4. The fourth-order valence-corrected chi connectivity index (χ4v) is 2.16. The van der Waals surface area contributed by atoms with Crippen LogP contribution < -0.4 is 15.8 Å². The number of benzene rings is 1. The van der Waals surface area contributed by atoms with Crippen molar-refractivity contribution in [1.29, 1.82) is 0 Å². The third-order valence-electron chi connectivity index (χ3n) is 3.66. The second-order valence-corrected chi connectivity index (χ2v) is 5.12. The molecule has 7 nitrogen and oxygen atoms in total. The van der Waals surface area contributed by atoms with Crippen molar-refractivity contribution in [3.05, 3.63) is 36.0 Å². The topological polar surface area (TPSA) is 103 Å². The van der Waals surface area contributed by atoms with E-state index in [1.807, 2.05) is 0 Å². The molecule has 0 saturated heterocycles. The summed E-state index contributed by atoms with van der Waals surface area (Å²) in [5.74, 6) is 0.566. The Morgan fingerprint density at radius 3 is 2.67 bits per heavy atom. The van der Waals surface area contributed by atoms with Gasteiger partial charge in [0.15, 0.2) is 5.82 Å². The van der Waals surface area contributed by atoms with E-state index in [9.17, 15) is 4.79 Å². The first-order chi connectivity index (χ1) is 10.1. The Bertz CT molecular complexity index is 646. The summed E-state index contributed by atoms with van der Waals surface area (Å²) in [7, 11) is 1.58. The summed E-state index contributed by atoms with van der Waals surface area (Å²) in [6.45, 7) is 0. The predicted molar refractivity (Wildman–Crippen MR) is 75.0 cm³/mol. The van der Waals surface area contributed by atoms with Gasteiger partial charge in [-0.2, -0.15) is 4.98 Å². The Balaban J connectivity index is 1.70. The third kappa shape index (κ3) is 2.59. The average Bonchev–Trinajstić information content (AvgIpc) is 2.96. The summed E-state index contributed by atoms with van der Waals surface area (Å²) in [5, 5.41) is 6.49. The highest BCUT2D eigenvalue weighted by Crippen LogP contribution is 2.36. The lowest BCUT2D eigenvalue weighted by molar-refractivity contribution is 0.0981. The van der Waals surface area contributed by atoms with E-state index >= 15 is 0 Å². The van der Waals surface area contributed by atoms with E-state index in [2.05, 4.69) is 15.5 Å². The molecule has 1 fully saturated rings. The highest BCUT2D eigenvalue weighted by atomic mass is 16.5. The van der Waals surface area contributed by atoms with Gasteiger partial charge in [0.2, 0.25) is 0 Å². The van der Waals surface area contributed by atoms with Gasteiger partial charge in [0, 0.05) is 5.69 Å². The summed E-state index contributed by atoms with van der Waals surface area (Å²) in [6, 6.07) is 6.95. The number of nitrogens with two attached hydrogens (primary N) is 1. The molecule has 21 heavy (non-hydrogen) atoms. The van der Waals surface area contributed by atoms with Crippen LogP contribution in [0.3, 0.4) is 0 Å². The van der Waals surface area contributed by atoms with Crippen molar-refractivity contribution in [1.82, 2.24) is 10.1 Å². The number of carbonyl (C=O) groups is 1. The number of methoxy groups -OCH3 is 1. The second kappa shape index (κ2) is 5.17. The standard InChI is InChI=1S/C14H16N4O3/c1-20-10-5-3-9(4-6-10)16-11(19)12-17-13(18-21-12)14(15)7-2-8-14/h3-6H,2,7-8,15H2,1H3,(H,16,19). The summed E-state index contributed by atoms with van der Waals surface area (Å²) in [6.07, 6.45) is 2.66. The molecule has 1 heterocycles. The monoisotopic (exact) mass is 288 g/mol. The van der Waals surface area contributed by atoms with Gasteiger partial charge in [-0.1, -0.05) is 5.16 Å². The van der Waals surface area contributed by atoms with Crippen LogP contribution in [0.15, 0.2) is 28.8 Å². The normalized spacial score (nSPS) is 16.1. The molecule has 110 valence electrons. The molecular weight excluding hydrogens is 272 g/mol. The zero-order valence-electron chi connectivity index (χ0n) is 11.6. The van der Waals surface area contributed by atoms with E-state index in [4.69, 9.17) is 15.0 Å². The number of hydrogen-bond acceptors (Lipinski definition) is 6. The van der Waals surface area contributed by atoms with Gasteiger partial charge in [0.05, 0.1) is 12.6 Å². The van der Waals surface area contributed by atoms with Crippen LogP contribution in [0, 0.1) is 0 Å². The van der Waals surface area contributed by atoms with Gasteiger partial charge in [-0.3, -0.25) is 4.79 Å². The second-order valence-electron chi connectivity index (χ2n) is 5.12. The van der Waals surface area contributed by atoms with Gasteiger partial charge in [-0.05, 0) is 43.5 Å². The minimum absolute atomic E-state index is 0.0856. The number of ether oxygens (including phenoxy) is 1. The highest BCUT2D eigenvalue weighted by molar-refractivity contribution is 6.00. The van der Waals surface area contributed by atoms with Crippen molar-refractivity contribution in [2.75, 3.05) is 12.4 Å². The summed E-state index contributed by atoms with van der Waals surface area (Å²) in [4.78, 5) is 16.1. The van der Waals surface area contributed by atoms with Gasteiger partial charge < -0.3 is 20.3 Å². The van der Waals surface area contributed by atoms with Crippen molar-refractivity contribution >= 4 is 11.6 Å². The van der Waals surface area contributed by atoms with Crippen LogP contribution in [-0.4, -0.2) is 23.2 Å². The first-order valence-corrected chi connectivity index (χ1v) is 6.69. The van der Waals surface area contributed by atoms with Gasteiger partial charge in [-0.15, -0.1) is 0 Å². The fourth-order valence-electron chi connectivity index (χ4n) is 2.16. The largest absolute Gasteiger partial charge is 0.497 e. The van der Waals surface area contributed by atoms with Crippen LogP contribution in [0.25, 0.3) is 0 Å². The van der Waals surface area contributed by atoms with Gasteiger partial charge >= 0.3 is 11.8 Å². The molecule has 1 saturated carbocycles. The molecule has 0 aliphatic heterocycles. The minimum atomic E-state index is -0.540. The van der Waals surface area contributed by atoms with Crippen molar-refractivity contribution in [3.8, 4) is 5.75 Å². The Morgan fingerprint density at radius 2 is 2.10 bits per heavy atom. The van der Waals surface area contributed by atoms with E-state index in [-0.39, 0.29) is 5.89 Å². The Morgan fingerprint density at radius 1 is 1.38 bits per heavy atom. The molecule has 1 aliphatic rings. The molecule has 1 aromatic heterocycles. The average molecular weight is 288 g/mol. The van der Waals surface area contributed by atoms with Crippen LogP contribution >= 0.6 is 0 Å². The molecule has 3 rings (SSSR count). The van der Waals surface area contributed by atoms with E-state index in [1.54, 1.807) is 31.4 Å². The molecule has 0 spiro atoms. The van der Waals surface area contributed by atoms with Crippen LogP contribution in [0.2, 0.25) is 0 Å².